The molecule has 3 heterocycles. The molecule has 2 saturated heterocycles. The van der Waals surface area contributed by atoms with Gasteiger partial charge in [-0.05, 0) is 23.8 Å². The lowest BCUT2D eigenvalue weighted by Gasteiger charge is -2.70. The second-order valence-corrected chi connectivity index (χ2v) is 8.56. The third-order valence-electron chi connectivity index (χ3n) is 6.92. The predicted octanol–water partition coefficient (Wildman–Crippen LogP) is 2.95. The molecule has 0 saturated carbocycles. The third kappa shape index (κ3) is 3.27. The Labute approximate surface area is 188 Å². The summed E-state index contributed by atoms with van der Waals surface area (Å²) in [5.41, 5.74) is 2.52. The van der Waals surface area contributed by atoms with Gasteiger partial charge in [0.15, 0.2) is 0 Å². The molecule has 0 bridgehead atoms. The van der Waals surface area contributed by atoms with Gasteiger partial charge < -0.3 is 14.7 Å². The fourth-order valence-electron chi connectivity index (χ4n) is 5.44. The van der Waals surface area contributed by atoms with Crippen molar-refractivity contribution in [2.75, 3.05) is 26.8 Å². The first kappa shape index (κ1) is 20.7. The zero-order valence-electron chi connectivity index (χ0n) is 18.1. The minimum atomic E-state index is -0.222. The quantitative estimate of drug-likeness (QED) is 0.653. The molecular formula is C26H27N3O3. The molecule has 2 fully saturated rings. The number of para-hydroxylation sites is 1. The summed E-state index contributed by atoms with van der Waals surface area (Å²) in [6, 6.07) is 23.7. The van der Waals surface area contributed by atoms with E-state index in [4.69, 9.17) is 4.74 Å². The topological polar surface area (TPSA) is 65.9 Å². The Balaban J connectivity index is 1.45. The van der Waals surface area contributed by atoms with E-state index in [9.17, 15) is 9.90 Å². The molecule has 2 aromatic carbocycles. The summed E-state index contributed by atoms with van der Waals surface area (Å²) in [6.45, 7) is 1.93. The molecule has 6 heteroatoms. The number of hydrogen-bond acceptors (Lipinski definition) is 5. The molecular weight excluding hydrogens is 402 g/mol. The van der Waals surface area contributed by atoms with Crippen LogP contribution in [-0.4, -0.2) is 64.2 Å². The second kappa shape index (κ2) is 8.37. The first-order valence-electron chi connectivity index (χ1n) is 10.9. The number of aromatic nitrogens is 1. The number of rotatable bonds is 6. The van der Waals surface area contributed by atoms with E-state index in [0.29, 0.717) is 25.3 Å². The van der Waals surface area contributed by atoms with Crippen molar-refractivity contribution in [1.29, 1.82) is 0 Å². The maximum atomic E-state index is 13.0. The number of aliphatic hydroxyl groups excluding tert-OH is 1. The molecule has 1 aromatic heterocycles. The zero-order valence-corrected chi connectivity index (χ0v) is 18.1. The molecule has 32 heavy (non-hydrogen) atoms. The fourth-order valence-corrected chi connectivity index (χ4v) is 5.44. The molecule has 1 spiro atoms. The van der Waals surface area contributed by atoms with Crippen molar-refractivity contribution in [2.45, 2.75) is 24.0 Å². The van der Waals surface area contributed by atoms with Gasteiger partial charge in [-0.15, -0.1) is 0 Å². The van der Waals surface area contributed by atoms with Gasteiger partial charge in [-0.1, -0.05) is 54.6 Å². The number of likely N-dealkylation sites (tertiary alicyclic amines) is 2. The van der Waals surface area contributed by atoms with E-state index in [1.807, 2.05) is 53.4 Å². The zero-order chi connectivity index (χ0) is 22.1. The minimum Gasteiger partial charge on any atom is -0.496 e. The van der Waals surface area contributed by atoms with Gasteiger partial charge in [0.05, 0.1) is 19.3 Å². The van der Waals surface area contributed by atoms with Crippen molar-refractivity contribution < 1.29 is 14.6 Å². The Morgan fingerprint density at radius 3 is 2.47 bits per heavy atom. The summed E-state index contributed by atoms with van der Waals surface area (Å²) in [6.07, 6.45) is 1.65. The van der Waals surface area contributed by atoms with Gasteiger partial charge in [0, 0.05) is 43.4 Å². The van der Waals surface area contributed by atoms with Gasteiger partial charge in [0.1, 0.15) is 11.4 Å². The normalized spacial score (nSPS) is 21.6. The molecule has 2 aliphatic rings. The van der Waals surface area contributed by atoms with E-state index in [2.05, 4.69) is 28.1 Å². The van der Waals surface area contributed by atoms with Crippen molar-refractivity contribution in [1.82, 2.24) is 14.8 Å². The largest absolute Gasteiger partial charge is 0.496 e. The van der Waals surface area contributed by atoms with Crippen molar-refractivity contribution in [3.05, 3.63) is 95.8 Å². The van der Waals surface area contributed by atoms with Crippen molar-refractivity contribution in [3.63, 3.8) is 0 Å². The first-order chi connectivity index (χ1) is 15.7. The number of amides is 1. The van der Waals surface area contributed by atoms with E-state index in [0.717, 1.165) is 11.3 Å². The molecule has 0 radical (unpaired) electrons. The molecule has 0 unspecified atom stereocenters. The van der Waals surface area contributed by atoms with Crippen LogP contribution < -0.4 is 4.74 Å². The number of benzene rings is 2. The predicted molar refractivity (Wildman–Crippen MR) is 121 cm³/mol. The smallest absolute Gasteiger partial charge is 0.272 e. The van der Waals surface area contributed by atoms with Gasteiger partial charge in [0.2, 0.25) is 0 Å². The number of methoxy groups -OCH3 is 1. The highest BCUT2D eigenvalue weighted by molar-refractivity contribution is 5.93. The molecule has 1 N–H and O–H groups in total. The second-order valence-electron chi connectivity index (χ2n) is 8.56. The van der Waals surface area contributed by atoms with Gasteiger partial charge in [-0.3, -0.25) is 14.7 Å². The van der Waals surface area contributed by atoms with Crippen LogP contribution in [0.5, 0.6) is 5.75 Å². The summed E-state index contributed by atoms with van der Waals surface area (Å²) < 4.78 is 5.57. The maximum Gasteiger partial charge on any atom is 0.272 e. The van der Waals surface area contributed by atoms with Crippen molar-refractivity contribution in [2.24, 2.45) is 0 Å². The van der Waals surface area contributed by atoms with Gasteiger partial charge in [-0.2, -0.15) is 0 Å². The maximum absolute atomic E-state index is 13.0. The molecule has 0 aliphatic carbocycles. The lowest BCUT2D eigenvalue weighted by atomic mass is 9.60. The molecule has 2 aliphatic heterocycles. The lowest BCUT2D eigenvalue weighted by Crippen LogP contribution is -2.84. The van der Waals surface area contributed by atoms with Gasteiger partial charge >= 0.3 is 0 Å². The van der Waals surface area contributed by atoms with Crippen LogP contribution in [0.1, 0.15) is 27.5 Å². The number of aliphatic hydroxyl groups is 1. The van der Waals surface area contributed by atoms with E-state index in [1.54, 1.807) is 19.4 Å². The van der Waals surface area contributed by atoms with Crippen LogP contribution in [0.15, 0.2) is 79.0 Å². The molecule has 5 rings (SSSR count). The number of carbonyl (C=O) groups is 1. The summed E-state index contributed by atoms with van der Waals surface area (Å²) in [5.74, 6) is 0.937. The summed E-state index contributed by atoms with van der Waals surface area (Å²) in [7, 11) is 1.68. The summed E-state index contributed by atoms with van der Waals surface area (Å²) >= 11 is 0. The Kier molecular flexibility index (Phi) is 5.41. The Bertz CT molecular complexity index is 1080. The van der Waals surface area contributed by atoms with E-state index < -0.39 is 0 Å². The Hall–Kier alpha value is -3.22. The average molecular weight is 430 g/mol. The number of hydrogen-bond donors (Lipinski definition) is 1. The number of carbonyl (C=O) groups excluding carboxylic acids is 1. The van der Waals surface area contributed by atoms with Crippen LogP contribution in [0.25, 0.3) is 0 Å². The Morgan fingerprint density at radius 1 is 1.06 bits per heavy atom. The fraction of sp³-hybridized carbons (Fsp3) is 0.308. The number of pyridine rings is 1. The van der Waals surface area contributed by atoms with E-state index in [-0.39, 0.29) is 30.0 Å². The highest BCUT2D eigenvalue weighted by Crippen LogP contribution is 2.54. The van der Waals surface area contributed by atoms with Crippen LogP contribution >= 0.6 is 0 Å². The van der Waals surface area contributed by atoms with Gasteiger partial charge in [-0.25, -0.2) is 0 Å². The van der Waals surface area contributed by atoms with Crippen LogP contribution in [0.4, 0.5) is 0 Å². The van der Waals surface area contributed by atoms with Crippen LogP contribution in [-0.2, 0) is 6.54 Å². The lowest BCUT2D eigenvalue weighted by molar-refractivity contribution is -0.184. The number of nitrogens with zero attached hydrogens (tertiary/aromatic N) is 3. The third-order valence-corrected chi connectivity index (χ3v) is 6.92. The highest BCUT2D eigenvalue weighted by Gasteiger charge is 2.66. The van der Waals surface area contributed by atoms with Crippen LogP contribution in [0.2, 0.25) is 0 Å². The highest BCUT2D eigenvalue weighted by atomic mass is 16.5. The SMILES string of the molecule is COc1ccccc1CN1[C@@H](CO)[C@@H](c2ccccc2)C12CN(C(=O)c1ccccn1)C2. The summed E-state index contributed by atoms with van der Waals surface area (Å²) in [4.78, 5) is 21.4. The molecule has 6 nitrogen and oxygen atoms in total. The molecule has 164 valence electrons. The van der Waals surface area contributed by atoms with Gasteiger partial charge in [0.25, 0.3) is 5.91 Å². The standard InChI is InChI=1S/C26H27N3O3/c1-32-23-13-6-5-11-20(23)15-29-22(16-30)24(19-9-3-2-4-10-19)26(29)17-28(18-26)25(31)21-12-7-8-14-27-21/h2-14,22,24,30H,15-18H2,1H3/t22-,24+/m0/s1. The van der Waals surface area contributed by atoms with Crippen LogP contribution in [0.3, 0.4) is 0 Å². The van der Waals surface area contributed by atoms with Crippen molar-refractivity contribution in [3.8, 4) is 5.75 Å². The first-order valence-corrected chi connectivity index (χ1v) is 10.9. The summed E-state index contributed by atoms with van der Waals surface area (Å²) in [5, 5.41) is 10.3. The average Bonchev–Trinajstić information content (AvgIpc) is 2.82. The molecule has 2 atom stereocenters. The minimum absolute atomic E-state index is 0.0191. The van der Waals surface area contributed by atoms with E-state index in [1.165, 1.54) is 5.56 Å². The number of ether oxygens (including phenoxy) is 1. The van der Waals surface area contributed by atoms with Crippen LogP contribution in [0, 0.1) is 0 Å². The van der Waals surface area contributed by atoms with Crippen molar-refractivity contribution >= 4 is 5.91 Å². The monoisotopic (exact) mass is 429 g/mol. The van der Waals surface area contributed by atoms with E-state index >= 15 is 0 Å². The Morgan fingerprint density at radius 2 is 1.78 bits per heavy atom. The molecule has 1 amide bonds. The molecule has 3 aromatic rings.